The van der Waals surface area contributed by atoms with E-state index < -0.39 is 0 Å². The smallest absolute Gasteiger partial charge is 0.258 e. The van der Waals surface area contributed by atoms with E-state index in [0.717, 1.165) is 6.42 Å². The Morgan fingerprint density at radius 3 is 2.77 bits per heavy atom. The van der Waals surface area contributed by atoms with E-state index in [-0.39, 0.29) is 12.0 Å². The molecule has 118 valence electrons. The highest BCUT2D eigenvalue weighted by molar-refractivity contribution is 6.06. The van der Waals surface area contributed by atoms with Crippen LogP contribution in [0.1, 0.15) is 42.1 Å². The van der Waals surface area contributed by atoms with E-state index in [0.29, 0.717) is 28.6 Å². The number of nitrogens with zero attached hydrogens (tertiary/aromatic N) is 3. The van der Waals surface area contributed by atoms with Crippen LogP contribution in [0.4, 0.5) is 5.69 Å². The molecule has 1 atom stereocenters. The third-order valence-electron chi connectivity index (χ3n) is 3.51. The van der Waals surface area contributed by atoms with Gasteiger partial charge < -0.3 is 14.2 Å². The monoisotopic (exact) mass is 303 g/mol. The minimum Gasteiger partial charge on any atom is -0.475 e. The molecule has 1 amide bonds. The zero-order valence-corrected chi connectivity index (χ0v) is 13.6. The fraction of sp³-hybridized carbons (Fsp3) is 0.438. The van der Waals surface area contributed by atoms with Crippen molar-refractivity contribution >= 4 is 11.6 Å². The third-order valence-corrected chi connectivity index (χ3v) is 3.51. The molecule has 2 aromatic heterocycles. The fourth-order valence-electron chi connectivity index (χ4n) is 2.15. The van der Waals surface area contributed by atoms with Gasteiger partial charge in [0.05, 0.1) is 6.10 Å². The van der Waals surface area contributed by atoms with Crippen LogP contribution in [-0.2, 0) is 0 Å². The van der Waals surface area contributed by atoms with E-state index in [1.807, 2.05) is 13.8 Å². The van der Waals surface area contributed by atoms with E-state index in [1.165, 1.54) is 4.90 Å². The molecular weight excluding hydrogens is 282 g/mol. The van der Waals surface area contributed by atoms with Crippen LogP contribution in [0.3, 0.4) is 0 Å². The summed E-state index contributed by atoms with van der Waals surface area (Å²) in [5.74, 6) is 0.900. The van der Waals surface area contributed by atoms with Gasteiger partial charge in [0.15, 0.2) is 5.76 Å². The maximum Gasteiger partial charge on any atom is 0.258 e. The number of pyridine rings is 1. The van der Waals surface area contributed by atoms with Crippen LogP contribution in [0, 0.1) is 13.8 Å². The van der Waals surface area contributed by atoms with Crippen molar-refractivity contribution in [2.45, 2.75) is 40.2 Å². The molecule has 0 aliphatic heterocycles. The molecular formula is C16H21N3O3. The molecule has 0 N–H and O–H groups in total. The van der Waals surface area contributed by atoms with Crippen molar-refractivity contribution in [3.63, 3.8) is 0 Å². The Bertz CT molecular complexity index is 647. The summed E-state index contributed by atoms with van der Waals surface area (Å²) in [6.07, 6.45) is 2.50. The highest BCUT2D eigenvalue weighted by Gasteiger charge is 2.21. The van der Waals surface area contributed by atoms with E-state index in [2.05, 4.69) is 10.1 Å². The number of ether oxygens (including phenoxy) is 1. The Hall–Kier alpha value is -2.37. The zero-order valence-electron chi connectivity index (χ0n) is 13.6. The minimum absolute atomic E-state index is 0.0538. The van der Waals surface area contributed by atoms with E-state index in [1.54, 1.807) is 39.2 Å². The van der Waals surface area contributed by atoms with Crippen molar-refractivity contribution < 1.29 is 14.1 Å². The summed E-state index contributed by atoms with van der Waals surface area (Å²) in [4.78, 5) is 18.3. The van der Waals surface area contributed by atoms with Gasteiger partial charge in [0.1, 0.15) is 11.4 Å². The first kappa shape index (κ1) is 16.0. The molecule has 0 aliphatic carbocycles. The lowest BCUT2D eigenvalue weighted by Gasteiger charge is -2.17. The van der Waals surface area contributed by atoms with Crippen LogP contribution in [-0.4, -0.2) is 29.2 Å². The Morgan fingerprint density at radius 2 is 2.18 bits per heavy atom. The Balaban J connectivity index is 2.24. The normalized spacial score (nSPS) is 12.0. The molecule has 0 unspecified atom stereocenters. The summed E-state index contributed by atoms with van der Waals surface area (Å²) in [6, 6.07) is 3.32. The van der Waals surface area contributed by atoms with Gasteiger partial charge in [0.25, 0.3) is 5.91 Å². The van der Waals surface area contributed by atoms with Crippen LogP contribution in [0.15, 0.2) is 22.9 Å². The molecule has 0 aromatic carbocycles. The highest BCUT2D eigenvalue weighted by Crippen LogP contribution is 2.25. The molecule has 0 fully saturated rings. The van der Waals surface area contributed by atoms with E-state index >= 15 is 0 Å². The number of rotatable bonds is 5. The average molecular weight is 303 g/mol. The molecule has 0 spiro atoms. The summed E-state index contributed by atoms with van der Waals surface area (Å²) in [5, 5.41) is 3.88. The quantitative estimate of drug-likeness (QED) is 0.848. The van der Waals surface area contributed by atoms with Gasteiger partial charge in [0.2, 0.25) is 5.88 Å². The summed E-state index contributed by atoms with van der Waals surface area (Å²) in [5.41, 5.74) is 1.88. The maximum absolute atomic E-state index is 12.6. The second-order valence-corrected chi connectivity index (χ2v) is 5.26. The highest BCUT2D eigenvalue weighted by atomic mass is 16.5. The largest absolute Gasteiger partial charge is 0.475 e. The summed E-state index contributed by atoms with van der Waals surface area (Å²) in [6.45, 7) is 7.58. The van der Waals surface area contributed by atoms with Gasteiger partial charge in [-0.3, -0.25) is 4.79 Å². The summed E-state index contributed by atoms with van der Waals surface area (Å²) in [7, 11) is 1.70. The molecule has 6 nitrogen and oxygen atoms in total. The molecule has 22 heavy (non-hydrogen) atoms. The molecule has 0 saturated carbocycles. The number of aryl methyl sites for hydroxylation is 2. The number of hydrogen-bond acceptors (Lipinski definition) is 5. The molecule has 0 aliphatic rings. The number of carbonyl (C=O) groups is 1. The minimum atomic E-state index is -0.161. The number of aromatic nitrogens is 2. The second kappa shape index (κ2) is 6.60. The number of carbonyl (C=O) groups excluding carboxylic acids is 1. The zero-order chi connectivity index (χ0) is 16.3. The standard InChI is InChI=1S/C16H21N3O3/c1-6-10(2)21-14-9-13(7-8-17-14)16(20)19(5)15-11(3)18-22-12(15)4/h7-10H,6H2,1-5H3/t10-/m1/s1. The fourth-order valence-corrected chi connectivity index (χ4v) is 2.15. The van der Waals surface area contributed by atoms with Crippen molar-refractivity contribution in [3.05, 3.63) is 35.3 Å². The Morgan fingerprint density at radius 1 is 1.45 bits per heavy atom. The van der Waals surface area contributed by atoms with Crippen LogP contribution in [0.5, 0.6) is 5.88 Å². The lowest BCUT2D eigenvalue weighted by Crippen LogP contribution is -2.27. The predicted molar refractivity (Wildman–Crippen MR) is 83.3 cm³/mol. The van der Waals surface area contributed by atoms with Crippen molar-refractivity contribution in [2.24, 2.45) is 0 Å². The topological polar surface area (TPSA) is 68.5 Å². The molecule has 6 heteroatoms. The van der Waals surface area contributed by atoms with Crippen LogP contribution >= 0.6 is 0 Å². The second-order valence-electron chi connectivity index (χ2n) is 5.26. The van der Waals surface area contributed by atoms with Crippen LogP contribution in [0.2, 0.25) is 0 Å². The molecule has 2 aromatic rings. The van der Waals surface area contributed by atoms with Crippen LogP contribution < -0.4 is 9.64 Å². The lowest BCUT2D eigenvalue weighted by atomic mass is 10.2. The third kappa shape index (κ3) is 3.27. The first-order valence-corrected chi connectivity index (χ1v) is 7.27. The van der Waals surface area contributed by atoms with Gasteiger partial charge in [-0.2, -0.15) is 0 Å². The van der Waals surface area contributed by atoms with Crippen LogP contribution in [0.25, 0.3) is 0 Å². The van der Waals surface area contributed by atoms with Gasteiger partial charge in [-0.05, 0) is 33.3 Å². The van der Waals surface area contributed by atoms with Gasteiger partial charge in [-0.1, -0.05) is 12.1 Å². The molecule has 2 rings (SSSR count). The maximum atomic E-state index is 12.6. The van der Waals surface area contributed by atoms with Crippen molar-refractivity contribution in [1.82, 2.24) is 10.1 Å². The molecule has 2 heterocycles. The van der Waals surface area contributed by atoms with Gasteiger partial charge in [0, 0.05) is 24.9 Å². The van der Waals surface area contributed by atoms with Gasteiger partial charge in [-0.25, -0.2) is 4.98 Å². The van der Waals surface area contributed by atoms with Gasteiger partial charge >= 0.3 is 0 Å². The SMILES string of the molecule is CC[C@@H](C)Oc1cc(C(=O)N(C)c2c(C)noc2C)ccn1. The number of anilines is 1. The van der Waals surface area contributed by atoms with Crippen molar-refractivity contribution in [2.75, 3.05) is 11.9 Å². The Kier molecular flexibility index (Phi) is 4.80. The van der Waals surface area contributed by atoms with E-state index in [4.69, 9.17) is 9.26 Å². The predicted octanol–water partition coefficient (Wildman–Crippen LogP) is 3.14. The summed E-state index contributed by atoms with van der Waals surface area (Å²) >= 11 is 0. The van der Waals surface area contributed by atoms with Crippen molar-refractivity contribution in [3.8, 4) is 5.88 Å². The summed E-state index contributed by atoms with van der Waals surface area (Å²) < 4.78 is 10.8. The number of hydrogen-bond donors (Lipinski definition) is 0. The first-order chi connectivity index (χ1) is 10.4. The van der Waals surface area contributed by atoms with E-state index in [9.17, 15) is 4.79 Å². The lowest BCUT2D eigenvalue weighted by molar-refractivity contribution is 0.0991. The number of amides is 1. The Labute approximate surface area is 130 Å². The average Bonchev–Trinajstić information content (AvgIpc) is 2.85. The molecule has 0 saturated heterocycles. The van der Waals surface area contributed by atoms with Gasteiger partial charge in [-0.15, -0.1) is 0 Å². The first-order valence-electron chi connectivity index (χ1n) is 7.27. The molecule has 0 radical (unpaired) electrons. The molecule has 0 bridgehead atoms. The van der Waals surface area contributed by atoms with Crippen molar-refractivity contribution in [1.29, 1.82) is 0 Å².